The highest BCUT2D eigenvalue weighted by atomic mass is 14.9. The molecule has 0 radical (unpaired) electrons. The van der Waals surface area contributed by atoms with Gasteiger partial charge in [0.1, 0.15) is 6.07 Å². The highest BCUT2D eigenvalue weighted by Crippen LogP contribution is 2.21. The second-order valence-electron chi connectivity index (χ2n) is 3.12. The summed E-state index contributed by atoms with van der Waals surface area (Å²) in [5.74, 6) is 0. The SMILES string of the molecule is Cc1cn(C)c2cncc(C#N)c12. The third-order valence-electron chi connectivity index (χ3n) is 2.21. The molecule has 0 amide bonds. The van der Waals surface area contributed by atoms with Crippen LogP contribution < -0.4 is 0 Å². The molecule has 64 valence electrons. The molecular formula is C10H9N3. The molecule has 0 bridgehead atoms. The van der Waals surface area contributed by atoms with E-state index >= 15 is 0 Å². The highest BCUT2D eigenvalue weighted by molar-refractivity contribution is 5.88. The summed E-state index contributed by atoms with van der Waals surface area (Å²) < 4.78 is 1.98. The number of nitrogens with zero attached hydrogens (tertiary/aromatic N) is 3. The van der Waals surface area contributed by atoms with Crippen molar-refractivity contribution in [3.8, 4) is 6.07 Å². The zero-order valence-electron chi connectivity index (χ0n) is 7.57. The van der Waals surface area contributed by atoms with E-state index in [1.807, 2.05) is 24.7 Å². The normalized spacial score (nSPS) is 10.2. The third-order valence-corrected chi connectivity index (χ3v) is 2.21. The van der Waals surface area contributed by atoms with Gasteiger partial charge in [-0.05, 0) is 12.5 Å². The zero-order valence-corrected chi connectivity index (χ0v) is 7.57. The number of hydrogen-bond acceptors (Lipinski definition) is 2. The van der Waals surface area contributed by atoms with E-state index in [1.165, 1.54) is 0 Å². The quantitative estimate of drug-likeness (QED) is 0.606. The van der Waals surface area contributed by atoms with Gasteiger partial charge in [0.15, 0.2) is 0 Å². The lowest BCUT2D eigenvalue weighted by Crippen LogP contribution is -1.86. The fourth-order valence-corrected chi connectivity index (χ4v) is 1.64. The van der Waals surface area contributed by atoms with Crippen LogP contribution in [0.5, 0.6) is 0 Å². The monoisotopic (exact) mass is 171 g/mol. The molecule has 3 heteroatoms. The average molecular weight is 171 g/mol. The van der Waals surface area contributed by atoms with Gasteiger partial charge < -0.3 is 4.57 Å². The van der Waals surface area contributed by atoms with Gasteiger partial charge in [-0.3, -0.25) is 4.98 Å². The van der Waals surface area contributed by atoms with Gasteiger partial charge in [0.25, 0.3) is 0 Å². The Hall–Kier alpha value is -1.82. The van der Waals surface area contributed by atoms with Gasteiger partial charge in [0, 0.05) is 24.8 Å². The first kappa shape index (κ1) is 7.81. The molecule has 2 aromatic heterocycles. The van der Waals surface area contributed by atoms with Crippen LogP contribution >= 0.6 is 0 Å². The van der Waals surface area contributed by atoms with E-state index in [9.17, 15) is 0 Å². The van der Waals surface area contributed by atoms with E-state index in [-0.39, 0.29) is 0 Å². The molecule has 0 atom stereocenters. The van der Waals surface area contributed by atoms with Crippen LogP contribution in [0.1, 0.15) is 11.1 Å². The fraction of sp³-hybridized carbons (Fsp3) is 0.200. The van der Waals surface area contributed by atoms with Crippen molar-refractivity contribution < 1.29 is 0 Å². The van der Waals surface area contributed by atoms with Gasteiger partial charge in [-0.1, -0.05) is 0 Å². The summed E-state index contributed by atoms with van der Waals surface area (Å²) in [6.45, 7) is 2.00. The summed E-state index contributed by atoms with van der Waals surface area (Å²) in [6.07, 6.45) is 5.39. The van der Waals surface area contributed by atoms with E-state index in [2.05, 4.69) is 11.1 Å². The molecule has 2 rings (SSSR count). The lowest BCUT2D eigenvalue weighted by molar-refractivity contribution is 0.960. The standard InChI is InChI=1S/C10H9N3/c1-7-6-13(2)9-5-12-4-8(3-11)10(7)9/h4-6H,1-2H3. The van der Waals surface area contributed by atoms with E-state index in [0.717, 1.165) is 16.5 Å². The number of aromatic nitrogens is 2. The molecule has 2 aromatic rings. The minimum atomic E-state index is 0.649. The van der Waals surface area contributed by atoms with Crippen molar-refractivity contribution in [1.82, 2.24) is 9.55 Å². The van der Waals surface area contributed by atoms with Crippen LogP contribution in [-0.4, -0.2) is 9.55 Å². The Balaban J connectivity index is 2.99. The Bertz CT molecular complexity index is 503. The second kappa shape index (κ2) is 2.60. The average Bonchev–Trinajstić information content (AvgIpc) is 2.43. The molecule has 0 saturated heterocycles. The predicted octanol–water partition coefficient (Wildman–Crippen LogP) is 1.75. The molecule has 2 heterocycles. The Labute approximate surface area is 76.2 Å². The Morgan fingerprint density at radius 2 is 2.23 bits per heavy atom. The van der Waals surface area contributed by atoms with Crippen molar-refractivity contribution in [3.63, 3.8) is 0 Å². The zero-order chi connectivity index (χ0) is 9.42. The van der Waals surface area contributed by atoms with Crippen LogP contribution in [-0.2, 0) is 7.05 Å². The van der Waals surface area contributed by atoms with E-state index in [1.54, 1.807) is 12.4 Å². The molecule has 0 aromatic carbocycles. The van der Waals surface area contributed by atoms with Crippen LogP contribution in [0.2, 0.25) is 0 Å². The van der Waals surface area contributed by atoms with Crippen molar-refractivity contribution in [3.05, 3.63) is 29.7 Å². The van der Waals surface area contributed by atoms with Crippen molar-refractivity contribution in [2.24, 2.45) is 7.05 Å². The lowest BCUT2D eigenvalue weighted by Gasteiger charge is -1.95. The number of rotatable bonds is 0. The summed E-state index contributed by atoms with van der Waals surface area (Å²) in [5, 5.41) is 9.88. The van der Waals surface area contributed by atoms with Crippen LogP contribution in [0.25, 0.3) is 10.9 Å². The predicted molar refractivity (Wildman–Crippen MR) is 50.2 cm³/mol. The number of pyridine rings is 1. The molecule has 0 aliphatic carbocycles. The van der Waals surface area contributed by atoms with Crippen LogP contribution in [0.4, 0.5) is 0 Å². The van der Waals surface area contributed by atoms with Gasteiger partial charge in [0.05, 0.1) is 17.3 Å². The molecule has 0 N–H and O–H groups in total. The van der Waals surface area contributed by atoms with Crippen LogP contribution in [0, 0.1) is 18.3 Å². The molecule has 0 saturated carbocycles. The van der Waals surface area contributed by atoms with Gasteiger partial charge >= 0.3 is 0 Å². The highest BCUT2D eigenvalue weighted by Gasteiger charge is 2.07. The Morgan fingerprint density at radius 3 is 2.92 bits per heavy atom. The lowest BCUT2D eigenvalue weighted by atomic mass is 10.1. The van der Waals surface area contributed by atoms with Gasteiger partial charge in [-0.25, -0.2) is 0 Å². The van der Waals surface area contributed by atoms with Gasteiger partial charge in [0.2, 0.25) is 0 Å². The number of nitriles is 1. The molecule has 0 fully saturated rings. The van der Waals surface area contributed by atoms with Crippen molar-refractivity contribution >= 4 is 10.9 Å². The van der Waals surface area contributed by atoms with Crippen molar-refractivity contribution in [2.45, 2.75) is 6.92 Å². The van der Waals surface area contributed by atoms with E-state index in [0.29, 0.717) is 5.56 Å². The molecule has 0 aliphatic heterocycles. The van der Waals surface area contributed by atoms with Gasteiger partial charge in [-0.15, -0.1) is 0 Å². The number of hydrogen-bond donors (Lipinski definition) is 0. The maximum Gasteiger partial charge on any atom is 0.101 e. The van der Waals surface area contributed by atoms with Crippen LogP contribution in [0.3, 0.4) is 0 Å². The second-order valence-corrected chi connectivity index (χ2v) is 3.12. The molecule has 0 spiro atoms. The first-order valence-electron chi connectivity index (χ1n) is 4.04. The molecular weight excluding hydrogens is 162 g/mol. The van der Waals surface area contributed by atoms with E-state index < -0.39 is 0 Å². The van der Waals surface area contributed by atoms with Crippen molar-refractivity contribution in [1.29, 1.82) is 5.26 Å². The van der Waals surface area contributed by atoms with Crippen molar-refractivity contribution in [2.75, 3.05) is 0 Å². The maximum absolute atomic E-state index is 8.87. The summed E-state index contributed by atoms with van der Waals surface area (Å²) in [5.41, 5.74) is 2.78. The summed E-state index contributed by atoms with van der Waals surface area (Å²) in [6, 6.07) is 2.15. The Morgan fingerprint density at radius 1 is 1.46 bits per heavy atom. The molecule has 3 nitrogen and oxygen atoms in total. The molecule has 0 aliphatic rings. The minimum absolute atomic E-state index is 0.649. The van der Waals surface area contributed by atoms with Gasteiger partial charge in [-0.2, -0.15) is 5.26 Å². The largest absolute Gasteiger partial charge is 0.349 e. The first-order valence-corrected chi connectivity index (χ1v) is 4.04. The summed E-state index contributed by atoms with van der Waals surface area (Å²) >= 11 is 0. The maximum atomic E-state index is 8.87. The number of aryl methyl sites for hydroxylation is 2. The molecule has 13 heavy (non-hydrogen) atoms. The Kier molecular flexibility index (Phi) is 1.56. The number of fused-ring (bicyclic) bond motifs is 1. The fourth-order valence-electron chi connectivity index (χ4n) is 1.64. The van der Waals surface area contributed by atoms with E-state index in [4.69, 9.17) is 5.26 Å². The minimum Gasteiger partial charge on any atom is -0.349 e. The smallest absolute Gasteiger partial charge is 0.101 e. The first-order chi connectivity index (χ1) is 6.24. The summed E-state index contributed by atoms with van der Waals surface area (Å²) in [7, 11) is 1.96. The molecule has 0 unspecified atom stereocenters. The van der Waals surface area contributed by atoms with Crippen LogP contribution in [0.15, 0.2) is 18.6 Å². The third kappa shape index (κ3) is 0.994. The topological polar surface area (TPSA) is 41.6 Å². The summed E-state index contributed by atoms with van der Waals surface area (Å²) in [4.78, 5) is 4.01.